The highest BCUT2D eigenvalue weighted by molar-refractivity contribution is 5.70. The van der Waals surface area contributed by atoms with Crippen LogP contribution in [-0.4, -0.2) is 142 Å². The van der Waals surface area contributed by atoms with Gasteiger partial charge in [-0.15, -0.1) is 0 Å². The zero-order valence-electron chi connectivity index (χ0n) is 44.4. The SMILES string of the molecule is CC/C=C\C/C=C\C/C=C\C/C=C\CCCCC(=O)OC(COC(=O)CCCCCCCCCCCCCCCCCCCCCCC)COC1OC(COC2OC(CO)C(O)C(O)C2O)C(O)C(O)C1O. The number of aliphatic hydroxyl groups is 7. The second-order valence-corrected chi connectivity index (χ2v) is 19.7. The van der Waals surface area contributed by atoms with Crippen LogP contribution in [0.15, 0.2) is 48.6 Å². The smallest absolute Gasteiger partial charge is 0.306 e. The van der Waals surface area contributed by atoms with Crippen LogP contribution in [0.25, 0.3) is 0 Å². The van der Waals surface area contributed by atoms with Crippen LogP contribution in [-0.2, 0) is 38.0 Å². The average molecular weight is 1030 g/mol. The van der Waals surface area contributed by atoms with Gasteiger partial charge in [0.1, 0.15) is 55.4 Å². The fourth-order valence-electron chi connectivity index (χ4n) is 8.74. The zero-order chi connectivity index (χ0) is 52.4. The summed E-state index contributed by atoms with van der Waals surface area (Å²) in [5, 5.41) is 72.2. The Bertz CT molecular complexity index is 1440. The van der Waals surface area contributed by atoms with Crippen molar-refractivity contribution in [1.29, 1.82) is 0 Å². The Morgan fingerprint density at radius 1 is 0.458 bits per heavy atom. The highest BCUT2D eigenvalue weighted by atomic mass is 16.7. The lowest BCUT2D eigenvalue weighted by atomic mass is 9.98. The highest BCUT2D eigenvalue weighted by Gasteiger charge is 2.47. The Labute approximate surface area is 433 Å². The first-order valence-electron chi connectivity index (χ1n) is 28.2. The molecule has 15 heteroatoms. The van der Waals surface area contributed by atoms with Crippen LogP contribution in [0.4, 0.5) is 0 Å². The van der Waals surface area contributed by atoms with Crippen molar-refractivity contribution in [3.05, 3.63) is 48.6 Å². The van der Waals surface area contributed by atoms with E-state index in [1.807, 2.05) is 0 Å². The molecule has 2 aliphatic rings. The Morgan fingerprint density at radius 3 is 1.38 bits per heavy atom. The van der Waals surface area contributed by atoms with E-state index < -0.39 is 99.3 Å². The predicted molar refractivity (Wildman–Crippen MR) is 280 cm³/mol. The summed E-state index contributed by atoms with van der Waals surface area (Å²) in [5.41, 5.74) is 0. The van der Waals surface area contributed by atoms with E-state index in [1.54, 1.807) is 0 Å². The largest absolute Gasteiger partial charge is 0.462 e. The van der Waals surface area contributed by atoms with Gasteiger partial charge in [-0.1, -0.05) is 191 Å². The molecular weight excluding hydrogens is 925 g/mol. The van der Waals surface area contributed by atoms with Crippen molar-refractivity contribution in [1.82, 2.24) is 0 Å². The van der Waals surface area contributed by atoms with Crippen LogP contribution in [0, 0.1) is 0 Å². The zero-order valence-corrected chi connectivity index (χ0v) is 44.4. The minimum Gasteiger partial charge on any atom is -0.462 e. The second-order valence-electron chi connectivity index (χ2n) is 19.7. The predicted octanol–water partition coefficient (Wildman–Crippen LogP) is 9.05. The molecule has 0 aromatic heterocycles. The Balaban J connectivity index is 1.76. The third-order valence-electron chi connectivity index (χ3n) is 13.3. The quantitative estimate of drug-likeness (QED) is 0.0171. The first kappa shape index (κ1) is 65.6. The van der Waals surface area contributed by atoms with Gasteiger partial charge in [0.15, 0.2) is 18.7 Å². The molecule has 0 spiro atoms. The van der Waals surface area contributed by atoms with Crippen molar-refractivity contribution >= 4 is 11.9 Å². The van der Waals surface area contributed by atoms with E-state index in [1.165, 1.54) is 109 Å². The first-order valence-corrected chi connectivity index (χ1v) is 28.2. The lowest BCUT2D eigenvalue weighted by molar-refractivity contribution is -0.332. The average Bonchev–Trinajstić information content (AvgIpc) is 3.37. The second kappa shape index (κ2) is 43.7. The number of ether oxygens (including phenoxy) is 6. The number of hydrogen-bond acceptors (Lipinski definition) is 15. The molecule has 2 aliphatic heterocycles. The van der Waals surface area contributed by atoms with Crippen molar-refractivity contribution < 1.29 is 73.8 Å². The van der Waals surface area contributed by atoms with Gasteiger partial charge >= 0.3 is 11.9 Å². The lowest BCUT2D eigenvalue weighted by Gasteiger charge is -2.42. The molecule has 0 radical (unpaired) electrons. The molecule has 0 aromatic rings. The van der Waals surface area contributed by atoms with Gasteiger partial charge in [-0.2, -0.15) is 0 Å². The van der Waals surface area contributed by atoms with Gasteiger partial charge < -0.3 is 64.2 Å². The number of esters is 2. The number of rotatable bonds is 44. The number of carbonyl (C=O) groups excluding carboxylic acids is 2. The molecule has 2 heterocycles. The standard InChI is InChI=1S/C57H100O15/c1-3-5-7-9-11-13-15-17-19-20-21-22-23-24-26-27-29-31-33-35-37-39-48(59)67-42-45(70-49(60)40-38-36-34-32-30-28-25-18-16-14-12-10-8-6-4-2)43-68-56-55(66)53(64)51(62)47(72-56)44-69-57-54(65)52(63)50(61)46(41-58)71-57/h6,8,12,14,18,25,30,32,45-47,50-58,61-66H,3-5,7,9-11,13,15-17,19-24,26-29,31,33-44H2,1-2H3/b8-6-,14-12-,25-18-,32-30-. The Hall–Kier alpha value is -2.54. The summed E-state index contributed by atoms with van der Waals surface area (Å²) in [6.07, 6.45) is 32.9. The summed E-state index contributed by atoms with van der Waals surface area (Å²) in [5.74, 6) is -0.967. The van der Waals surface area contributed by atoms with Crippen molar-refractivity contribution in [2.75, 3.05) is 26.4 Å². The molecule has 72 heavy (non-hydrogen) atoms. The van der Waals surface area contributed by atoms with Crippen molar-refractivity contribution in [2.24, 2.45) is 0 Å². The maximum absolute atomic E-state index is 13.0. The maximum atomic E-state index is 13.0. The molecule has 0 saturated carbocycles. The van der Waals surface area contributed by atoms with E-state index >= 15 is 0 Å². The summed E-state index contributed by atoms with van der Waals surface area (Å²) in [4.78, 5) is 25.8. The Kier molecular flexibility index (Phi) is 39.8. The highest BCUT2D eigenvalue weighted by Crippen LogP contribution is 2.27. The van der Waals surface area contributed by atoms with Crippen LogP contribution in [0.1, 0.15) is 206 Å². The van der Waals surface area contributed by atoms with Gasteiger partial charge in [0, 0.05) is 12.8 Å². The fourth-order valence-corrected chi connectivity index (χ4v) is 8.74. The third-order valence-corrected chi connectivity index (χ3v) is 13.3. The summed E-state index contributed by atoms with van der Waals surface area (Å²) in [6.45, 7) is 2.46. The number of aliphatic hydroxyl groups excluding tert-OH is 7. The maximum Gasteiger partial charge on any atom is 0.306 e. The lowest BCUT2D eigenvalue weighted by Crippen LogP contribution is -2.61. The van der Waals surface area contributed by atoms with Crippen molar-refractivity contribution in [2.45, 2.75) is 274 Å². The van der Waals surface area contributed by atoms with Crippen LogP contribution in [0.5, 0.6) is 0 Å². The number of unbranched alkanes of at least 4 members (excludes halogenated alkanes) is 22. The van der Waals surface area contributed by atoms with Gasteiger partial charge in [0.25, 0.3) is 0 Å². The minimum atomic E-state index is -1.77. The van der Waals surface area contributed by atoms with Crippen LogP contribution in [0.3, 0.4) is 0 Å². The molecule has 0 aromatic carbocycles. The fraction of sp³-hybridized carbons (Fsp3) is 0.825. The van der Waals surface area contributed by atoms with Crippen LogP contribution in [0.2, 0.25) is 0 Å². The first-order chi connectivity index (χ1) is 35.0. The summed E-state index contributed by atoms with van der Waals surface area (Å²) < 4.78 is 33.6. The topological polar surface area (TPSA) is 231 Å². The van der Waals surface area contributed by atoms with Crippen molar-refractivity contribution in [3.8, 4) is 0 Å². The molecule has 418 valence electrons. The molecule has 0 amide bonds. The number of allylic oxidation sites excluding steroid dienone is 8. The van der Waals surface area contributed by atoms with E-state index in [-0.39, 0.29) is 19.4 Å². The summed E-state index contributed by atoms with van der Waals surface area (Å²) >= 11 is 0. The molecular formula is C57H100O15. The van der Waals surface area contributed by atoms with Crippen LogP contribution >= 0.6 is 0 Å². The molecule has 2 saturated heterocycles. The Morgan fingerprint density at radius 2 is 0.875 bits per heavy atom. The van der Waals surface area contributed by atoms with E-state index in [2.05, 4.69) is 62.5 Å². The monoisotopic (exact) mass is 1020 g/mol. The van der Waals surface area contributed by atoms with E-state index in [0.29, 0.717) is 12.8 Å². The van der Waals surface area contributed by atoms with Gasteiger partial charge in [-0.3, -0.25) is 9.59 Å². The summed E-state index contributed by atoms with van der Waals surface area (Å²) in [7, 11) is 0. The normalized spacial score (nSPS) is 25.3. The van der Waals surface area contributed by atoms with Crippen LogP contribution < -0.4 is 0 Å². The van der Waals surface area contributed by atoms with E-state index in [9.17, 15) is 45.3 Å². The van der Waals surface area contributed by atoms with Gasteiger partial charge in [0.05, 0.1) is 19.8 Å². The molecule has 15 nitrogen and oxygen atoms in total. The van der Waals surface area contributed by atoms with E-state index in [4.69, 9.17) is 28.4 Å². The molecule has 0 aliphatic carbocycles. The molecule has 11 unspecified atom stereocenters. The van der Waals surface area contributed by atoms with Gasteiger partial charge in [-0.05, 0) is 51.4 Å². The van der Waals surface area contributed by atoms with Gasteiger partial charge in [-0.25, -0.2) is 0 Å². The minimum absolute atomic E-state index is 0.113. The molecule has 7 N–H and O–H groups in total. The molecule has 0 bridgehead atoms. The molecule has 11 atom stereocenters. The van der Waals surface area contributed by atoms with Gasteiger partial charge in [0.2, 0.25) is 0 Å². The summed E-state index contributed by atoms with van der Waals surface area (Å²) in [6, 6.07) is 0. The number of hydrogen-bond donors (Lipinski definition) is 7. The molecule has 2 fully saturated rings. The third kappa shape index (κ3) is 30.7. The number of carbonyl (C=O) groups is 2. The van der Waals surface area contributed by atoms with Crippen molar-refractivity contribution in [3.63, 3.8) is 0 Å². The van der Waals surface area contributed by atoms with E-state index in [0.717, 1.165) is 57.8 Å². The molecule has 2 rings (SSSR count).